The van der Waals surface area contributed by atoms with E-state index in [1.807, 2.05) is 71.9 Å². The fourth-order valence-corrected chi connectivity index (χ4v) is 6.07. The zero-order valence-electron chi connectivity index (χ0n) is 23.6. The SMILES string of the molecule is CC[C@@H](C(=O)NC(C)C)N(Cc1cccc(C)c1)C(=O)CN(c1cc(C)cc(C)c1)S(=O)(=O)c1ccccc1. The molecule has 0 saturated carbocycles. The van der Waals surface area contributed by atoms with Crippen molar-refractivity contribution in [1.82, 2.24) is 10.2 Å². The van der Waals surface area contributed by atoms with Crippen LogP contribution in [0.15, 0.2) is 77.7 Å². The number of amides is 2. The number of carbonyl (C=O) groups excluding carboxylic acids is 2. The second kappa shape index (κ2) is 12.9. The number of benzene rings is 3. The molecule has 3 aromatic carbocycles. The summed E-state index contributed by atoms with van der Waals surface area (Å²) in [4.78, 5) is 28.9. The third-order valence-corrected chi connectivity index (χ3v) is 8.14. The quantitative estimate of drug-likeness (QED) is 0.359. The summed E-state index contributed by atoms with van der Waals surface area (Å²) >= 11 is 0. The van der Waals surface area contributed by atoms with Gasteiger partial charge in [0.05, 0.1) is 10.6 Å². The van der Waals surface area contributed by atoms with Crippen LogP contribution in [0.1, 0.15) is 49.4 Å². The van der Waals surface area contributed by atoms with Crippen LogP contribution in [0, 0.1) is 20.8 Å². The number of hydrogen-bond donors (Lipinski definition) is 1. The van der Waals surface area contributed by atoms with Crippen LogP contribution in [0.3, 0.4) is 0 Å². The molecule has 0 heterocycles. The summed E-state index contributed by atoms with van der Waals surface area (Å²) in [5.74, 6) is -0.724. The van der Waals surface area contributed by atoms with E-state index in [9.17, 15) is 18.0 Å². The van der Waals surface area contributed by atoms with Gasteiger partial charge in [0.25, 0.3) is 10.0 Å². The molecule has 0 aromatic heterocycles. The molecule has 0 aliphatic carbocycles. The highest BCUT2D eigenvalue weighted by atomic mass is 32.2. The van der Waals surface area contributed by atoms with Gasteiger partial charge in [-0.15, -0.1) is 0 Å². The first kappa shape index (κ1) is 29.9. The third kappa shape index (κ3) is 7.69. The van der Waals surface area contributed by atoms with Crippen molar-refractivity contribution < 1.29 is 18.0 Å². The molecule has 0 fully saturated rings. The van der Waals surface area contributed by atoms with Gasteiger partial charge in [0.2, 0.25) is 11.8 Å². The van der Waals surface area contributed by atoms with Gasteiger partial charge in [-0.25, -0.2) is 8.42 Å². The monoisotopic (exact) mass is 549 g/mol. The summed E-state index contributed by atoms with van der Waals surface area (Å²) in [6, 6.07) is 20.4. The Morgan fingerprint density at radius 2 is 1.49 bits per heavy atom. The third-order valence-electron chi connectivity index (χ3n) is 6.36. The Morgan fingerprint density at radius 3 is 2.05 bits per heavy atom. The van der Waals surface area contributed by atoms with E-state index >= 15 is 0 Å². The molecule has 7 nitrogen and oxygen atoms in total. The van der Waals surface area contributed by atoms with E-state index < -0.39 is 28.5 Å². The summed E-state index contributed by atoms with van der Waals surface area (Å²) < 4.78 is 29.0. The lowest BCUT2D eigenvalue weighted by molar-refractivity contribution is -0.140. The van der Waals surface area contributed by atoms with E-state index in [0.29, 0.717) is 12.1 Å². The molecule has 0 saturated heterocycles. The Bertz CT molecular complexity index is 1380. The molecule has 3 rings (SSSR count). The summed E-state index contributed by atoms with van der Waals surface area (Å²) in [6.45, 7) is 11.1. The number of anilines is 1. The van der Waals surface area contributed by atoms with Crippen molar-refractivity contribution in [3.63, 3.8) is 0 Å². The minimum Gasteiger partial charge on any atom is -0.352 e. The summed E-state index contributed by atoms with van der Waals surface area (Å²) in [5, 5.41) is 2.92. The molecule has 208 valence electrons. The van der Waals surface area contributed by atoms with Gasteiger partial charge >= 0.3 is 0 Å². The summed E-state index contributed by atoms with van der Waals surface area (Å²) in [7, 11) is -4.08. The van der Waals surface area contributed by atoms with E-state index in [1.165, 1.54) is 17.0 Å². The topological polar surface area (TPSA) is 86.8 Å². The highest BCUT2D eigenvalue weighted by molar-refractivity contribution is 7.92. The first-order valence-electron chi connectivity index (χ1n) is 13.2. The second-order valence-electron chi connectivity index (χ2n) is 10.3. The number of nitrogens with one attached hydrogen (secondary N) is 1. The molecule has 0 bridgehead atoms. The average molecular weight is 550 g/mol. The molecule has 0 radical (unpaired) electrons. The number of carbonyl (C=O) groups is 2. The van der Waals surface area contributed by atoms with Gasteiger partial charge in [0.1, 0.15) is 12.6 Å². The van der Waals surface area contributed by atoms with Crippen molar-refractivity contribution in [2.24, 2.45) is 0 Å². The lowest BCUT2D eigenvalue weighted by Gasteiger charge is -2.33. The molecule has 3 aromatic rings. The molecule has 39 heavy (non-hydrogen) atoms. The van der Waals surface area contributed by atoms with E-state index in [-0.39, 0.29) is 23.4 Å². The molecular formula is C31H39N3O4S. The predicted octanol–water partition coefficient (Wildman–Crippen LogP) is 5.14. The number of nitrogens with zero attached hydrogens (tertiary/aromatic N) is 2. The second-order valence-corrected chi connectivity index (χ2v) is 12.1. The van der Waals surface area contributed by atoms with E-state index in [2.05, 4.69) is 5.32 Å². The highest BCUT2D eigenvalue weighted by Crippen LogP contribution is 2.27. The maximum Gasteiger partial charge on any atom is 0.264 e. The Hall–Kier alpha value is -3.65. The van der Waals surface area contributed by atoms with Crippen molar-refractivity contribution in [3.05, 3.63) is 95.1 Å². The largest absolute Gasteiger partial charge is 0.352 e. The number of aryl methyl sites for hydroxylation is 3. The van der Waals surface area contributed by atoms with Crippen LogP contribution in [0.5, 0.6) is 0 Å². The van der Waals surface area contributed by atoms with Crippen LogP contribution in [0.2, 0.25) is 0 Å². The van der Waals surface area contributed by atoms with Crippen molar-refractivity contribution in [3.8, 4) is 0 Å². The minimum atomic E-state index is -4.08. The van der Waals surface area contributed by atoms with Gasteiger partial charge in [-0.05, 0) is 82.0 Å². The van der Waals surface area contributed by atoms with Crippen molar-refractivity contribution in [2.45, 2.75) is 71.5 Å². The molecule has 2 amide bonds. The lowest BCUT2D eigenvalue weighted by atomic mass is 10.1. The van der Waals surface area contributed by atoms with Gasteiger partial charge in [-0.3, -0.25) is 13.9 Å². The van der Waals surface area contributed by atoms with E-state index in [4.69, 9.17) is 0 Å². The first-order chi connectivity index (χ1) is 18.4. The van der Waals surface area contributed by atoms with Crippen LogP contribution in [-0.2, 0) is 26.2 Å². The number of rotatable bonds is 11. The molecule has 8 heteroatoms. The molecule has 0 spiro atoms. The van der Waals surface area contributed by atoms with Crippen LogP contribution < -0.4 is 9.62 Å². The minimum absolute atomic E-state index is 0.0896. The molecule has 0 aliphatic rings. The number of hydrogen-bond acceptors (Lipinski definition) is 4. The summed E-state index contributed by atoms with van der Waals surface area (Å²) in [6.07, 6.45) is 0.380. The fraction of sp³-hybridized carbons (Fsp3) is 0.355. The normalized spacial score (nSPS) is 12.2. The van der Waals surface area contributed by atoms with Gasteiger partial charge in [0.15, 0.2) is 0 Å². The van der Waals surface area contributed by atoms with Gasteiger partial charge in [-0.1, -0.05) is 61.0 Å². The Labute approximate surface area is 232 Å². The van der Waals surface area contributed by atoms with Gasteiger partial charge < -0.3 is 10.2 Å². The molecular weight excluding hydrogens is 510 g/mol. The number of sulfonamides is 1. The molecule has 1 N–H and O–H groups in total. The Morgan fingerprint density at radius 1 is 0.846 bits per heavy atom. The van der Waals surface area contributed by atoms with E-state index in [0.717, 1.165) is 26.6 Å². The lowest BCUT2D eigenvalue weighted by Crippen LogP contribution is -2.53. The predicted molar refractivity (Wildman–Crippen MR) is 156 cm³/mol. The maximum absolute atomic E-state index is 14.1. The van der Waals surface area contributed by atoms with Crippen LogP contribution in [-0.4, -0.2) is 43.8 Å². The zero-order chi connectivity index (χ0) is 28.7. The Kier molecular flexibility index (Phi) is 9.92. The molecule has 0 aliphatic heterocycles. The highest BCUT2D eigenvalue weighted by Gasteiger charge is 2.34. The van der Waals surface area contributed by atoms with Crippen LogP contribution in [0.25, 0.3) is 0 Å². The van der Waals surface area contributed by atoms with Crippen LogP contribution >= 0.6 is 0 Å². The van der Waals surface area contributed by atoms with Gasteiger partial charge in [0, 0.05) is 12.6 Å². The summed E-state index contributed by atoms with van der Waals surface area (Å²) in [5.41, 5.74) is 4.06. The zero-order valence-corrected chi connectivity index (χ0v) is 24.5. The first-order valence-corrected chi connectivity index (χ1v) is 14.7. The van der Waals surface area contributed by atoms with E-state index in [1.54, 1.807) is 30.3 Å². The fourth-order valence-electron chi connectivity index (χ4n) is 4.65. The van der Waals surface area contributed by atoms with Crippen molar-refractivity contribution in [2.75, 3.05) is 10.8 Å². The standard InChI is InChI=1S/C31H39N3O4S/c1-7-29(31(36)32-22(2)3)33(20-26-13-11-12-23(4)17-26)30(35)21-34(27-18-24(5)16-25(6)19-27)39(37,38)28-14-9-8-10-15-28/h8-19,22,29H,7,20-21H2,1-6H3,(H,32,36)/t29-/m0/s1. The Balaban J connectivity index is 2.09. The van der Waals surface area contributed by atoms with Crippen molar-refractivity contribution >= 4 is 27.5 Å². The maximum atomic E-state index is 14.1. The van der Waals surface area contributed by atoms with Crippen molar-refractivity contribution in [1.29, 1.82) is 0 Å². The van der Waals surface area contributed by atoms with Crippen LogP contribution in [0.4, 0.5) is 5.69 Å². The smallest absolute Gasteiger partial charge is 0.264 e. The average Bonchev–Trinajstić information content (AvgIpc) is 2.86. The van der Waals surface area contributed by atoms with Gasteiger partial charge in [-0.2, -0.15) is 0 Å². The molecule has 1 atom stereocenters. The molecule has 0 unspecified atom stereocenters.